The van der Waals surface area contributed by atoms with Crippen molar-refractivity contribution in [2.24, 2.45) is 5.10 Å². The standard InChI is InChI=1S/C21H22BrN3O2/c1-4-14(3)20-24-19-11-8-16(22)12-18(19)21(26)25(20)23-13-15-6-9-17(10-7-15)27-5-2/h6-14H,4-5H2,1-3H3/t14-/m1/s1. The van der Waals surface area contributed by atoms with Crippen molar-refractivity contribution in [1.82, 2.24) is 9.66 Å². The summed E-state index contributed by atoms with van der Waals surface area (Å²) in [6.45, 7) is 6.70. The molecule has 1 atom stereocenters. The Balaban J connectivity index is 2.08. The predicted molar refractivity (Wildman–Crippen MR) is 113 cm³/mol. The van der Waals surface area contributed by atoms with Gasteiger partial charge in [0.2, 0.25) is 0 Å². The number of rotatable bonds is 6. The number of hydrogen-bond acceptors (Lipinski definition) is 4. The van der Waals surface area contributed by atoms with E-state index in [4.69, 9.17) is 9.72 Å². The van der Waals surface area contributed by atoms with E-state index < -0.39 is 0 Å². The number of halogens is 1. The molecule has 0 amide bonds. The number of hydrogen-bond donors (Lipinski definition) is 0. The van der Waals surface area contributed by atoms with E-state index in [0.29, 0.717) is 23.3 Å². The first-order valence-electron chi connectivity index (χ1n) is 9.03. The Kier molecular flexibility index (Phi) is 6.06. The Morgan fingerprint density at radius 1 is 1.22 bits per heavy atom. The number of fused-ring (bicyclic) bond motifs is 1. The maximum atomic E-state index is 13.1. The van der Waals surface area contributed by atoms with Crippen molar-refractivity contribution in [2.75, 3.05) is 6.61 Å². The Labute approximate surface area is 166 Å². The van der Waals surface area contributed by atoms with Gasteiger partial charge < -0.3 is 4.74 Å². The first-order valence-corrected chi connectivity index (χ1v) is 9.82. The van der Waals surface area contributed by atoms with Crippen molar-refractivity contribution < 1.29 is 4.74 Å². The van der Waals surface area contributed by atoms with E-state index >= 15 is 0 Å². The van der Waals surface area contributed by atoms with Gasteiger partial charge in [-0.1, -0.05) is 29.8 Å². The minimum absolute atomic E-state index is 0.114. The minimum Gasteiger partial charge on any atom is -0.494 e. The maximum Gasteiger partial charge on any atom is 0.282 e. The van der Waals surface area contributed by atoms with Gasteiger partial charge in [-0.3, -0.25) is 4.79 Å². The van der Waals surface area contributed by atoms with Crippen LogP contribution in [-0.2, 0) is 0 Å². The molecule has 0 radical (unpaired) electrons. The summed E-state index contributed by atoms with van der Waals surface area (Å²) in [4.78, 5) is 17.8. The highest BCUT2D eigenvalue weighted by molar-refractivity contribution is 9.10. The molecule has 2 aromatic carbocycles. The number of nitrogens with zero attached hydrogens (tertiary/aromatic N) is 3. The average Bonchev–Trinajstić information content (AvgIpc) is 2.68. The second-order valence-corrected chi connectivity index (χ2v) is 7.22. The molecule has 0 aliphatic rings. The van der Waals surface area contributed by atoms with Gasteiger partial charge >= 0.3 is 0 Å². The molecular weight excluding hydrogens is 406 g/mol. The summed E-state index contributed by atoms with van der Waals surface area (Å²) < 4.78 is 7.71. The molecule has 3 aromatic rings. The second kappa shape index (κ2) is 8.48. The van der Waals surface area contributed by atoms with E-state index in [1.807, 2.05) is 43.3 Å². The third kappa shape index (κ3) is 4.27. The summed E-state index contributed by atoms with van der Waals surface area (Å²) >= 11 is 3.42. The summed E-state index contributed by atoms with van der Waals surface area (Å²) in [5.74, 6) is 1.59. The zero-order chi connectivity index (χ0) is 19.4. The Bertz CT molecular complexity index is 1030. The van der Waals surface area contributed by atoms with Gasteiger partial charge in [-0.2, -0.15) is 9.78 Å². The topological polar surface area (TPSA) is 56.5 Å². The van der Waals surface area contributed by atoms with Gasteiger partial charge in [-0.05, 0) is 61.4 Å². The number of benzene rings is 2. The van der Waals surface area contributed by atoms with Crippen LogP contribution in [0.4, 0.5) is 0 Å². The van der Waals surface area contributed by atoms with Gasteiger partial charge in [0.05, 0.1) is 23.7 Å². The molecule has 0 aliphatic heterocycles. The molecule has 0 saturated carbocycles. The van der Waals surface area contributed by atoms with Crippen LogP contribution in [0.25, 0.3) is 10.9 Å². The van der Waals surface area contributed by atoms with Crippen molar-refractivity contribution in [3.63, 3.8) is 0 Å². The molecular formula is C21H22BrN3O2. The number of ether oxygens (including phenoxy) is 1. The van der Waals surface area contributed by atoms with E-state index in [9.17, 15) is 4.79 Å². The largest absolute Gasteiger partial charge is 0.494 e. The van der Waals surface area contributed by atoms with Gasteiger partial charge in [0, 0.05) is 10.4 Å². The lowest BCUT2D eigenvalue weighted by molar-refractivity contribution is 0.340. The number of aromatic nitrogens is 2. The SMILES string of the molecule is CCOc1ccc(C=Nn2c([C@H](C)CC)nc3ccc(Br)cc3c2=O)cc1. The maximum absolute atomic E-state index is 13.1. The molecule has 0 saturated heterocycles. The zero-order valence-corrected chi connectivity index (χ0v) is 17.2. The molecule has 1 aromatic heterocycles. The van der Waals surface area contributed by atoms with Crippen LogP contribution in [0.3, 0.4) is 0 Å². The Morgan fingerprint density at radius 3 is 2.63 bits per heavy atom. The van der Waals surface area contributed by atoms with Crippen molar-refractivity contribution in [3.05, 3.63) is 68.7 Å². The molecule has 0 aliphatic carbocycles. The van der Waals surface area contributed by atoms with Gasteiger partial charge in [0.1, 0.15) is 11.6 Å². The summed E-state index contributed by atoms with van der Waals surface area (Å²) in [6, 6.07) is 13.1. The highest BCUT2D eigenvalue weighted by Crippen LogP contribution is 2.21. The van der Waals surface area contributed by atoms with Gasteiger partial charge in [-0.25, -0.2) is 4.98 Å². The van der Waals surface area contributed by atoms with Crippen LogP contribution in [0.15, 0.2) is 56.8 Å². The van der Waals surface area contributed by atoms with E-state index in [2.05, 4.69) is 34.9 Å². The van der Waals surface area contributed by atoms with E-state index in [1.165, 1.54) is 4.68 Å². The molecule has 3 rings (SSSR count). The van der Waals surface area contributed by atoms with Crippen molar-refractivity contribution in [2.45, 2.75) is 33.1 Å². The van der Waals surface area contributed by atoms with Gasteiger partial charge in [-0.15, -0.1) is 0 Å². The van der Waals surface area contributed by atoms with Crippen LogP contribution >= 0.6 is 15.9 Å². The van der Waals surface area contributed by atoms with E-state index in [-0.39, 0.29) is 11.5 Å². The summed E-state index contributed by atoms with van der Waals surface area (Å²) in [5.41, 5.74) is 1.40. The smallest absolute Gasteiger partial charge is 0.282 e. The molecule has 1 heterocycles. The highest BCUT2D eigenvalue weighted by Gasteiger charge is 2.15. The average molecular weight is 428 g/mol. The second-order valence-electron chi connectivity index (χ2n) is 6.30. The fraction of sp³-hybridized carbons (Fsp3) is 0.286. The lowest BCUT2D eigenvalue weighted by atomic mass is 10.1. The van der Waals surface area contributed by atoms with Gasteiger partial charge in [0.15, 0.2) is 0 Å². The fourth-order valence-electron chi connectivity index (χ4n) is 2.72. The zero-order valence-electron chi connectivity index (χ0n) is 15.6. The van der Waals surface area contributed by atoms with Crippen molar-refractivity contribution >= 4 is 33.0 Å². The lowest BCUT2D eigenvalue weighted by Crippen LogP contribution is -2.23. The molecule has 140 valence electrons. The molecule has 0 spiro atoms. The predicted octanol–water partition coefficient (Wildman–Crippen LogP) is 4.95. The third-order valence-corrected chi connectivity index (χ3v) is 4.89. The first-order chi connectivity index (χ1) is 13.0. The molecule has 5 nitrogen and oxygen atoms in total. The Hall–Kier alpha value is -2.47. The van der Waals surface area contributed by atoms with Crippen molar-refractivity contribution in [1.29, 1.82) is 0 Å². The summed E-state index contributed by atoms with van der Waals surface area (Å²) in [5, 5.41) is 5.00. The molecule has 0 fully saturated rings. The molecule has 0 bridgehead atoms. The third-order valence-electron chi connectivity index (χ3n) is 4.40. The van der Waals surface area contributed by atoms with Crippen LogP contribution in [0.5, 0.6) is 5.75 Å². The van der Waals surface area contributed by atoms with Crippen molar-refractivity contribution in [3.8, 4) is 5.75 Å². The Morgan fingerprint density at radius 2 is 1.96 bits per heavy atom. The molecule has 0 N–H and O–H groups in total. The molecule has 27 heavy (non-hydrogen) atoms. The van der Waals surface area contributed by atoms with E-state index in [1.54, 1.807) is 12.3 Å². The fourth-order valence-corrected chi connectivity index (χ4v) is 3.08. The molecule has 0 unspecified atom stereocenters. The summed E-state index contributed by atoms with van der Waals surface area (Å²) in [7, 11) is 0. The van der Waals surface area contributed by atoms with Gasteiger partial charge in [0.25, 0.3) is 5.56 Å². The quantitative estimate of drug-likeness (QED) is 0.522. The van der Waals surface area contributed by atoms with Crippen LogP contribution in [0.1, 0.15) is 44.5 Å². The monoisotopic (exact) mass is 427 g/mol. The summed E-state index contributed by atoms with van der Waals surface area (Å²) in [6.07, 6.45) is 2.54. The normalized spacial score (nSPS) is 12.6. The minimum atomic E-state index is -0.168. The first kappa shape index (κ1) is 19.3. The van der Waals surface area contributed by atoms with E-state index in [0.717, 1.165) is 22.2 Å². The van der Waals surface area contributed by atoms with Crippen LogP contribution in [-0.4, -0.2) is 22.5 Å². The van der Waals surface area contributed by atoms with Crippen LogP contribution in [0, 0.1) is 0 Å². The van der Waals surface area contributed by atoms with Crippen LogP contribution in [0.2, 0.25) is 0 Å². The lowest BCUT2D eigenvalue weighted by Gasteiger charge is -2.14. The highest BCUT2D eigenvalue weighted by atomic mass is 79.9. The van der Waals surface area contributed by atoms with Crippen LogP contribution < -0.4 is 10.3 Å². The molecule has 6 heteroatoms.